The summed E-state index contributed by atoms with van der Waals surface area (Å²) in [6.45, 7) is 3.99. The van der Waals surface area contributed by atoms with E-state index in [-0.39, 0.29) is 17.5 Å². The first kappa shape index (κ1) is 14.6. The topological polar surface area (TPSA) is 29.1 Å². The Morgan fingerprint density at radius 3 is 2.61 bits per heavy atom. The van der Waals surface area contributed by atoms with Crippen LogP contribution in [-0.4, -0.2) is 5.91 Å². The predicted octanol–water partition coefficient (Wildman–Crippen LogP) is 4.12. The lowest BCUT2D eigenvalue weighted by Crippen LogP contribution is -2.22. The third kappa shape index (κ3) is 4.09. The van der Waals surface area contributed by atoms with Gasteiger partial charge in [-0.25, -0.2) is 8.78 Å². The number of halogens is 2. The van der Waals surface area contributed by atoms with Gasteiger partial charge in [-0.05, 0) is 25.0 Å². The number of nitrogens with one attached hydrogen (secondary N) is 1. The minimum Gasteiger partial charge on any atom is -0.323 e. The molecule has 0 aliphatic heterocycles. The average molecular weight is 255 g/mol. The van der Waals surface area contributed by atoms with Crippen LogP contribution in [0.15, 0.2) is 18.2 Å². The van der Waals surface area contributed by atoms with Gasteiger partial charge < -0.3 is 5.32 Å². The Balaban J connectivity index is 2.67. The van der Waals surface area contributed by atoms with Crippen LogP contribution < -0.4 is 5.32 Å². The molecule has 0 bridgehead atoms. The highest BCUT2D eigenvalue weighted by Gasteiger charge is 2.17. The number of rotatable bonds is 6. The van der Waals surface area contributed by atoms with Gasteiger partial charge in [-0.1, -0.05) is 26.7 Å². The average Bonchev–Trinajstić information content (AvgIpc) is 2.34. The minimum absolute atomic E-state index is 0.0383. The van der Waals surface area contributed by atoms with E-state index in [9.17, 15) is 13.6 Å². The minimum atomic E-state index is -0.742. The Kier molecular flexibility index (Phi) is 5.75. The highest BCUT2D eigenvalue weighted by molar-refractivity contribution is 5.92. The van der Waals surface area contributed by atoms with E-state index in [0.717, 1.165) is 31.4 Å². The van der Waals surface area contributed by atoms with Gasteiger partial charge >= 0.3 is 0 Å². The van der Waals surface area contributed by atoms with Crippen LogP contribution in [0.1, 0.15) is 39.5 Å². The van der Waals surface area contributed by atoms with E-state index in [0.29, 0.717) is 6.42 Å². The summed E-state index contributed by atoms with van der Waals surface area (Å²) in [5.41, 5.74) is 0.0383. The van der Waals surface area contributed by atoms with E-state index in [2.05, 4.69) is 12.2 Å². The number of unbranched alkanes of at least 4 members (excludes halogenated alkanes) is 1. The van der Waals surface area contributed by atoms with Gasteiger partial charge in [0, 0.05) is 12.0 Å². The van der Waals surface area contributed by atoms with Crippen molar-refractivity contribution in [2.45, 2.75) is 39.5 Å². The van der Waals surface area contributed by atoms with Gasteiger partial charge in [-0.3, -0.25) is 4.79 Å². The second kappa shape index (κ2) is 7.09. The van der Waals surface area contributed by atoms with Crippen molar-refractivity contribution in [3.05, 3.63) is 29.8 Å². The molecule has 0 unspecified atom stereocenters. The fourth-order valence-electron chi connectivity index (χ4n) is 1.80. The molecule has 0 radical (unpaired) electrons. The van der Waals surface area contributed by atoms with Gasteiger partial charge in [-0.2, -0.15) is 0 Å². The van der Waals surface area contributed by atoms with Gasteiger partial charge in [0.15, 0.2) is 0 Å². The molecule has 0 aliphatic rings. The van der Waals surface area contributed by atoms with Crippen molar-refractivity contribution in [1.29, 1.82) is 0 Å². The molecule has 1 amide bonds. The van der Waals surface area contributed by atoms with Crippen molar-refractivity contribution in [3.8, 4) is 0 Å². The van der Waals surface area contributed by atoms with Crippen LogP contribution in [-0.2, 0) is 4.79 Å². The van der Waals surface area contributed by atoms with Crippen molar-refractivity contribution in [2.24, 2.45) is 5.92 Å². The quantitative estimate of drug-likeness (QED) is 0.814. The van der Waals surface area contributed by atoms with Gasteiger partial charge in [0.2, 0.25) is 5.91 Å². The Morgan fingerprint density at radius 1 is 1.33 bits per heavy atom. The van der Waals surface area contributed by atoms with Crippen LogP contribution in [0.25, 0.3) is 0 Å². The molecule has 1 aromatic rings. The van der Waals surface area contributed by atoms with Crippen molar-refractivity contribution < 1.29 is 13.6 Å². The molecule has 1 aromatic carbocycles. The molecule has 2 nitrogen and oxygen atoms in total. The molecule has 100 valence electrons. The number of benzene rings is 1. The van der Waals surface area contributed by atoms with Crippen LogP contribution in [0, 0.1) is 17.6 Å². The number of carbonyl (C=O) groups excluding carboxylic acids is 1. The summed E-state index contributed by atoms with van der Waals surface area (Å²) in [7, 11) is 0. The molecule has 1 atom stereocenters. The second-order valence-corrected chi connectivity index (χ2v) is 4.36. The zero-order chi connectivity index (χ0) is 13.5. The monoisotopic (exact) mass is 255 g/mol. The number of carbonyl (C=O) groups is 1. The normalized spacial score (nSPS) is 12.2. The molecule has 0 saturated heterocycles. The van der Waals surface area contributed by atoms with Crippen LogP contribution in [0.3, 0.4) is 0 Å². The molecule has 4 heteroatoms. The number of hydrogen-bond acceptors (Lipinski definition) is 1. The summed E-state index contributed by atoms with van der Waals surface area (Å²) < 4.78 is 26.1. The molecule has 0 heterocycles. The van der Waals surface area contributed by atoms with Gasteiger partial charge in [-0.15, -0.1) is 0 Å². The first-order valence-corrected chi connectivity index (χ1v) is 6.34. The van der Waals surface area contributed by atoms with Crippen molar-refractivity contribution in [2.75, 3.05) is 5.32 Å². The van der Waals surface area contributed by atoms with Gasteiger partial charge in [0.05, 0.1) is 5.69 Å². The Morgan fingerprint density at radius 2 is 2.06 bits per heavy atom. The third-order valence-corrected chi connectivity index (χ3v) is 2.96. The fraction of sp³-hybridized carbons (Fsp3) is 0.500. The largest absolute Gasteiger partial charge is 0.323 e. The molecule has 0 fully saturated rings. The summed E-state index contributed by atoms with van der Waals surface area (Å²) in [5.74, 6) is -1.71. The lowest BCUT2D eigenvalue weighted by molar-refractivity contribution is -0.120. The Bertz CT molecular complexity index is 407. The zero-order valence-electron chi connectivity index (χ0n) is 10.8. The van der Waals surface area contributed by atoms with Gasteiger partial charge in [0.1, 0.15) is 11.6 Å². The SMILES string of the molecule is CCCC[C@H](CC)C(=O)Nc1ccc(F)cc1F. The summed E-state index contributed by atoms with van der Waals surface area (Å²) in [5, 5.41) is 2.52. The lowest BCUT2D eigenvalue weighted by Gasteiger charge is -2.14. The molecule has 0 saturated carbocycles. The van der Waals surface area contributed by atoms with E-state index in [1.54, 1.807) is 0 Å². The van der Waals surface area contributed by atoms with Crippen molar-refractivity contribution in [3.63, 3.8) is 0 Å². The van der Waals surface area contributed by atoms with E-state index >= 15 is 0 Å². The lowest BCUT2D eigenvalue weighted by atomic mass is 9.98. The van der Waals surface area contributed by atoms with Crippen molar-refractivity contribution >= 4 is 11.6 Å². The highest BCUT2D eigenvalue weighted by Crippen LogP contribution is 2.19. The van der Waals surface area contributed by atoms with Crippen LogP contribution in [0.5, 0.6) is 0 Å². The predicted molar refractivity (Wildman–Crippen MR) is 68.3 cm³/mol. The standard InChI is InChI=1S/C14H19F2NO/c1-3-5-6-10(4-2)14(18)17-13-8-7-11(15)9-12(13)16/h7-10H,3-6H2,1-2H3,(H,17,18)/t10-/m0/s1. The Hall–Kier alpha value is -1.45. The molecule has 0 aromatic heterocycles. The Labute approximate surface area is 106 Å². The summed E-state index contributed by atoms with van der Waals surface area (Å²) in [6.07, 6.45) is 3.50. The highest BCUT2D eigenvalue weighted by atomic mass is 19.1. The molecule has 1 N–H and O–H groups in total. The van der Waals surface area contributed by atoms with Crippen LogP contribution in [0.2, 0.25) is 0 Å². The van der Waals surface area contributed by atoms with Gasteiger partial charge in [0.25, 0.3) is 0 Å². The fourth-order valence-corrected chi connectivity index (χ4v) is 1.80. The maximum Gasteiger partial charge on any atom is 0.227 e. The first-order valence-electron chi connectivity index (χ1n) is 6.34. The van der Waals surface area contributed by atoms with Crippen molar-refractivity contribution in [1.82, 2.24) is 0 Å². The second-order valence-electron chi connectivity index (χ2n) is 4.36. The van der Waals surface area contributed by atoms with Crippen LogP contribution in [0.4, 0.5) is 14.5 Å². The maximum absolute atomic E-state index is 13.4. The van der Waals surface area contributed by atoms with E-state index < -0.39 is 11.6 Å². The smallest absolute Gasteiger partial charge is 0.227 e. The molecular formula is C14H19F2NO. The molecule has 1 rings (SSSR count). The van der Waals surface area contributed by atoms with Crippen LogP contribution >= 0.6 is 0 Å². The third-order valence-electron chi connectivity index (χ3n) is 2.96. The van der Waals surface area contributed by atoms with E-state index in [1.165, 1.54) is 6.07 Å². The summed E-state index contributed by atoms with van der Waals surface area (Å²) >= 11 is 0. The van der Waals surface area contributed by atoms with E-state index in [1.807, 2.05) is 6.92 Å². The summed E-state index contributed by atoms with van der Waals surface area (Å²) in [4.78, 5) is 11.9. The maximum atomic E-state index is 13.4. The summed E-state index contributed by atoms with van der Waals surface area (Å²) in [6, 6.07) is 3.14. The zero-order valence-corrected chi connectivity index (χ0v) is 10.8. The molecule has 0 spiro atoms. The number of amides is 1. The molecule has 0 aliphatic carbocycles. The number of anilines is 1. The van der Waals surface area contributed by atoms with E-state index in [4.69, 9.17) is 0 Å². The molecule has 18 heavy (non-hydrogen) atoms. The number of hydrogen-bond donors (Lipinski definition) is 1. The first-order chi connectivity index (χ1) is 8.58. The molecular weight excluding hydrogens is 236 g/mol.